The van der Waals surface area contributed by atoms with E-state index < -0.39 is 28.2 Å². The van der Waals surface area contributed by atoms with Crippen LogP contribution in [-0.2, 0) is 19.9 Å². The average Bonchev–Trinajstić information content (AvgIpc) is 3.55. The summed E-state index contributed by atoms with van der Waals surface area (Å²) in [5, 5.41) is 14.5. The minimum Gasteiger partial charge on any atom is -0.490 e. The first-order valence-corrected chi connectivity index (χ1v) is 12.0. The number of rotatable bonds is 3. The second-order valence-electron chi connectivity index (χ2n) is 10.1. The number of anilines is 2. The number of fused-ring (bicyclic) bond motifs is 7. The maximum absolute atomic E-state index is 14.2. The number of carbonyl (C=O) groups excluding carboxylic acids is 3. The molecule has 3 fully saturated rings. The monoisotopic (exact) mass is 490 g/mol. The van der Waals surface area contributed by atoms with Crippen molar-refractivity contribution >= 4 is 34.8 Å². The van der Waals surface area contributed by atoms with Crippen LogP contribution in [0.3, 0.4) is 0 Å². The van der Waals surface area contributed by atoms with Gasteiger partial charge in [0.15, 0.2) is 5.75 Å². The van der Waals surface area contributed by atoms with Crippen LogP contribution in [0.4, 0.5) is 17.1 Å². The Morgan fingerprint density at radius 2 is 1.86 bits per heavy atom. The molecule has 0 unspecified atom stereocenters. The summed E-state index contributed by atoms with van der Waals surface area (Å²) in [7, 11) is 1.30. The molecule has 2 aromatic carbocycles. The molecule has 2 aromatic rings. The van der Waals surface area contributed by atoms with Gasteiger partial charge in [0.2, 0.25) is 17.7 Å². The molecule has 0 saturated carbocycles. The van der Waals surface area contributed by atoms with E-state index in [9.17, 15) is 24.5 Å². The topological polar surface area (TPSA) is 122 Å². The van der Waals surface area contributed by atoms with E-state index in [0.29, 0.717) is 18.5 Å². The Bertz CT molecular complexity index is 1400. The maximum Gasteiger partial charge on any atom is 0.311 e. The predicted molar refractivity (Wildman–Crippen MR) is 130 cm³/mol. The molecule has 186 valence electrons. The van der Waals surface area contributed by atoms with Gasteiger partial charge < -0.3 is 10.1 Å². The van der Waals surface area contributed by atoms with Crippen LogP contribution >= 0.6 is 0 Å². The number of nitro benzene ring substituents is 1. The summed E-state index contributed by atoms with van der Waals surface area (Å²) in [4.78, 5) is 56.1. The summed E-state index contributed by atoms with van der Waals surface area (Å²) in [6, 6.07) is 6.31. The zero-order valence-corrected chi connectivity index (χ0v) is 20.5. The molecule has 10 heteroatoms. The minimum atomic E-state index is -1.26. The van der Waals surface area contributed by atoms with E-state index >= 15 is 0 Å². The lowest BCUT2D eigenvalue weighted by Gasteiger charge is -2.36. The van der Waals surface area contributed by atoms with Crippen molar-refractivity contribution in [3.8, 4) is 5.75 Å². The third-order valence-corrected chi connectivity index (χ3v) is 8.63. The van der Waals surface area contributed by atoms with Crippen LogP contribution in [0.2, 0.25) is 0 Å². The molecule has 4 aliphatic rings. The van der Waals surface area contributed by atoms with Crippen LogP contribution in [0, 0.1) is 42.7 Å². The van der Waals surface area contributed by atoms with Crippen molar-refractivity contribution in [2.24, 2.45) is 11.8 Å². The van der Waals surface area contributed by atoms with E-state index in [1.165, 1.54) is 19.2 Å². The number of aryl methyl sites for hydroxylation is 2. The Labute approximate surface area is 207 Å². The zero-order chi connectivity index (χ0) is 25.7. The third-order valence-electron chi connectivity index (χ3n) is 8.63. The van der Waals surface area contributed by atoms with Gasteiger partial charge in [-0.25, -0.2) is 4.90 Å². The Balaban J connectivity index is 1.54. The Kier molecular flexibility index (Phi) is 4.63. The number of hydrogen-bond donors (Lipinski definition) is 1. The molecule has 3 amide bonds. The molecular formula is C26H26N4O6. The highest BCUT2D eigenvalue weighted by molar-refractivity contribution is 6.26. The van der Waals surface area contributed by atoms with Gasteiger partial charge in [-0.05, 0) is 56.8 Å². The first-order valence-electron chi connectivity index (χ1n) is 12.0. The summed E-state index contributed by atoms with van der Waals surface area (Å²) < 4.78 is 5.21. The molecular weight excluding hydrogens is 464 g/mol. The number of nitro groups is 1. The van der Waals surface area contributed by atoms with Gasteiger partial charge in [0.05, 0.1) is 29.6 Å². The highest BCUT2D eigenvalue weighted by atomic mass is 16.6. The molecule has 3 saturated heterocycles. The van der Waals surface area contributed by atoms with Crippen LogP contribution in [0.5, 0.6) is 5.75 Å². The first kappa shape index (κ1) is 22.7. The van der Waals surface area contributed by atoms with Gasteiger partial charge in [0.25, 0.3) is 0 Å². The summed E-state index contributed by atoms with van der Waals surface area (Å²) in [6.45, 7) is 6.17. The first-order chi connectivity index (χ1) is 17.1. The number of carbonyl (C=O) groups is 3. The van der Waals surface area contributed by atoms with E-state index in [1.54, 1.807) is 6.92 Å². The van der Waals surface area contributed by atoms with Gasteiger partial charge in [0.1, 0.15) is 5.54 Å². The third kappa shape index (κ3) is 2.52. The molecule has 4 atom stereocenters. The van der Waals surface area contributed by atoms with E-state index in [-0.39, 0.29) is 35.0 Å². The Morgan fingerprint density at radius 1 is 1.11 bits per heavy atom. The fourth-order valence-electron chi connectivity index (χ4n) is 6.97. The summed E-state index contributed by atoms with van der Waals surface area (Å²) in [6.07, 6.45) is 1.54. The normalized spacial score (nSPS) is 28.5. The number of ether oxygens (including phenoxy) is 1. The lowest BCUT2D eigenvalue weighted by molar-refractivity contribution is -0.385. The lowest BCUT2D eigenvalue weighted by atomic mass is 9.75. The smallest absolute Gasteiger partial charge is 0.311 e. The van der Waals surface area contributed by atoms with Gasteiger partial charge in [-0.3, -0.25) is 29.4 Å². The van der Waals surface area contributed by atoms with Gasteiger partial charge in [-0.2, -0.15) is 0 Å². The molecule has 1 N–H and O–H groups in total. The molecule has 1 spiro atoms. The van der Waals surface area contributed by atoms with E-state index in [4.69, 9.17) is 4.74 Å². The number of benzene rings is 2. The summed E-state index contributed by atoms with van der Waals surface area (Å²) in [5.41, 5.74) is 2.59. The van der Waals surface area contributed by atoms with Gasteiger partial charge in [-0.1, -0.05) is 12.1 Å². The second kappa shape index (κ2) is 7.36. The van der Waals surface area contributed by atoms with Crippen molar-refractivity contribution in [1.29, 1.82) is 0 Å². The van der Waals surface area contributed by atoms with Gasteiger partial charge in [-0.15, -0.1) is 0 Å². The number of amides is 3. The van der Waals surface area contributed by atoms with Crippen LogP contribution in [0.25, 0.3) is 0 Å². The van der Waals surface area contributed by atoms with Crippen molar-refractivity contribution in [3.63, 3.8) is 0 Å². The number of nitrogens with zero attached hydrogens (tertiary/aromatic N) is 3. The second-order valence-corrected chi connectivity index (χ2v) is 10.1. The summed E-state index contributed by atoms with van der Waals surface area (Å²) >= 11 is 0. The van der Waals surface area contributed by atoms with E-state index in [2.05, 4.69) is 10.2 Å². The highest BCUT2D eigenvalue weighted by Gasteiger charge is 2.74. The zero-order valence-electron chi connectivity index (χ0n) is 20.5. The summed E-state index contributed by atoms with van der Waals surface area (Å²) in [5.74, 6) is -2.71. The van der Waals surface area contributed by atoms with Crippen molar-refractivity contribution in [2.75, 3.05) is 23.9 Å². The molecule has 0 aliphatic carbocycles. The Morgan fingerprint density at radius 3 is 2.56 bits per heavy atom. The number of nitrogens with one attached hydrogen (secondary N) is 1. The van der Waals surface area contributed by atoms with Crippen molar-refractivity contribution in [3.05, 3.63) is 56.6 Å². The Hall–Kier alpha value is -3.79. The largest absolute Gasteiger partial charge is 0.490 e. The maximum atomic E-state index is 14.2. The quantitative estimate of drug-likeness (QED) is 0.399. The van der Waals surface area contributed by atoms with Crippen molar-refractivity contribution < 1.29 is 24.0 Å². The SMILES string of the molecule is COc1cc(N2C(=O)[C@@H]3[C@H]4CCCN4[C@]4(C(=O)Nc5c4ccc(C)c5C)[C@H]3C2=O)c(C)cc1[N+](=O)[O-]. The standard InChI is InChI=1S/C26H26N4O6/c1-12-7-8-15-22(14(12)3)27-25(33)26(15)21-20(16-6-5-9-28(16)26)23(31)29(24(21)32)17-11-19(36-4)18(30(34)35)10-13(17)2/h7-8,10-11,16,20-21H,5-6,9H2,1-4H3,(H,27,33)/t16-,20-,21-,26+/m1/s1. The molecule has 4 heterocycles. The van der Waals surface area contributed by atoms with Crippen molar-refractivity contribution in [2.45, 2.75) is 45.2 Å². The molecule has 6 rings (SSSR count). The highest BCUT2D eigenvalue weighted by Crippen LogP contribution is 2.61. The van der Waals surface area contributed by atoms with Crippen LogP contribution in [0.15, 0.2) is 24.3 Å². The molecule has 4 aliphatic heterocycles. The fraction of sp³-hybridized carbons (Fsp3) is 0.423. The molecule has 0 radical (unpaired) electrons. The predicted octanol–water partition coefficient (Wildman–Crippen LogP) is 2.96. The minimum absolute atomic E-state index is 0.0366. The number of imide groups is 1. The van der Waals surface area contributed by atoms with Gasteiger partial charge >= 0.3 is 5.69 Å². The molecule has 10 nitrogen and oxygen atoms in total. The molecule has 0 aromatic heterocycles. The van der Waals surface area contributed by atoms with Gasteiger partial charge in [0, 0.05) is 29.4 Å². The van der Waals surface area contributed by atoms with Crippen LogP contribution < -0.4 is 15.0 Å². The van der Waals surface area contributed by atoms with Crippen LogP contribution in [-0.4, -0.2) is 47.2 Å². The molecule has 36 heavy (non-hydrogen) atoms. The number of methoxy groups -OCH3 is 1. The lowest BCUT2D eigenvalue weighted by Crippen LogP contribution is -2.54. The van der Waals surface area contributed by atoms with Crippen LogP contribution in [0.1, 0.15) is 35.1 Å². The fourth-order valence-corrected chi connectivity index (χ4v) is 6.97. The molecule has 0 bridgehead atoms. The van der Waals surface area contributed by atoms with Crippen molar-refractivity contribution in [1.82, 2.24) is 4.90 Å². The average molecular weight is 491 g/mol. The van der Waals surface area contributed by atoms with E-state index in [1.807, 2.05) is 26.0 Å². The van der Waals surface area contributed by atoms with E-state index in [0.717, 1.165) is 33.7 Å². The number of hydrogen-bond acceptors (Lipinski definition) is 7.